The maximum absolute atomic E-state index is 5.99. The Labute approximate surface area is 91.7 Å². The van der Waals surface area contributed by atoms with Crippen molar-refractivity contribution in [3.05, 3.63) is 45.9 Å². The average Bonchev–Trinajstić information content (AvgIpc) is 2.09. The molecule has 0 unspecified atom stereocenters. The second-order valence-electron chi connectivity index (χ2n) is 2.80. The van der Waals surface area contributed by atoms with Gasteiger partial charge in [0, 0.05) is 15.5 Å². The first-order valence-electron chi connectivity index (χ1n) is 3.96. The summed E-state index contributed by atoms with van der Waals surface area (Å²) in [6.45, 7) is 3.64. The first kappa shape index (κ1) is 10.8. The zero-order chi connectivity index (χ0) is 9.84. The molecule has 0 bridgehead atoms. The Kier molecular flexibility index (Phi) is 3.97. The molecule has 1 aromatic carbocycles. The van der Waals surface area contributed by atoms with Gasteiger partial charge in [-0.15, -0.1) is 6.58 Å². The highest BCUT2D eigenvalue weighted by Crippen LogP contribution is 2.26. The molecule has 3 heteroatoms. The van der Waals surface area contributed by atoms with Crippen molar-refractivity contribution in [2.24, 2.45) is 5.73 Å². The molecule has 0 aliphatic rings. The summed E-state index contributed by atoms with van der Waals surface area (Å²) in [7, 11) is 0. The van der Waals surface area contributed by atoms with E-state index >= 15 is 0 Å². The van der Waals surface area contributed by atoms with Crippen LogP contribution in [-0.4, -0.2) is 0 Å². The highest BCUT2D eigenvalue weighted by atomic mass is 79.9. The molecule has 70 valence electrons. The van der Waals surface area contributed by atoms with Gasteiger partial charge in [0.15, 0.2) is 0 Å². The van der Waals surface area contributed by atoms with Crippen LogP contribution in [0.2, 0.25) is 5.02 Å². The number of rotatable bonds is 3. The van der Waals surface area contributed by atoms with Crippen molar-refractivity contribution in [1.82, 2.24) is 0 Å². The van der Waals surface area contributed by atoms with Crippen molar-refractivity contribution in [1.29, 1.82) is 0 Å². The molecule has 0 saturated carbocycles. The Morgan fingerprint density at radius 2 is 2.31 bits per heavy atom. The lowest BCUT2D eigenvalue weighted by Crippen LogP contribution is -2.09. The van der Waals surface area contributed by atoms with Crippen LogP contribution in [0.3, 0.4) is 0 Å². The van der Waals surface area contributed by atoms with Crippen molar-refractivity contribution in [3.8, 4) is 0 Å². The summed E-state index contributed by atoms with van der Waals surface area (Å²) in [5.41, 5.74) is 6.85. The van der Waals surface area contributed by atoms with E-state index in [1.165, 1.54) is 0 Å². The van der Waals surface area contributed by atoms with E-state index in [0.717, 1.165) is 16.5 Å². The quantitative estimate of drug-likeness (QED) is 0.825. The van der Waals surface area contributed by atoms with Crippen molar-refractivity contribution in [2.75, 3.05) is 0 Å². The topological polar surface area (TPSA) is 26.0 Å². The van der Waals surface area contributed by atoms with Crippen LogP contribution in [0, 0.1) is 0 Å². The van der Waals surface area contributed by atoms with E-state index in [9.17, 15) is 0 Å². The molecule has 0 fully saturated rings. The van der Waals surface area contributed by atoms with Gasteiger partial charge in [0.05, 0.1) is 0 Å². The molecule has 0 aliphatic carbocycles. The molecule has 13 heavy (non-hydrogen) atoms. The van der Waals surface area contributed by atoms with Gasteiger partial charge in [-0.1, -0.05) is 33.6 Å². The summed E-state index contributed by atoms with van der Waals surface area (Å²) in [4.78, 5) is 0. The predicted molar refractivity (Wildman–Crippen MR) is 60.9 cm³/mol. The highest BCUT2D eigenvalue weighted by molar-refractivity contribution is 9.10. The molecule has 2 N–H and O–H groups in total. The van der Waals surface area contributed by atoms with Crippen LogP contribution in [0.4, 0.5) is 0 Å². The summed E-state index contributed by atoms with van der Waals surface area (Å²) in [6, 6.07) is 5.61. The van der Waals surface area contributed by atoms with Gasteiger partial charge in [0.2, 0.25) is 0 Å². The first-order chi connectivity index (χ1) is 6.15. The lowest BCUT2D eigenvalue weighted by atomic mass is 10.1. The number of nitrogens with two attached hydrogens (primary N) is 1. The Morgan fingerprint density at radius 1 is 1.62 bits per heavy atom. The number of benzene rings is 1. The summed E-state index contributed by atoms with van der Waals surface area (Å²) in [6.07, 6.45) is 2.53. The maximum atomic E-state index is 5.99. The Morgan fingerprint density at radius 3 is 2.92 bits per heavy atom. The molecule has 1 rings (SSSR count). The summed E-state index contributed by atoms with van der Waals surface area (Å²) in [5, 5.41) is 0.706. The molecular formula is C10H11BrClN. The molecule has 0 amide bonds. The smallest absolute Gasteiger partial charge is 0.0454 e. The predicted octanol–water partition coefficient (Wildman–Crippen LogP) is 3.68. The van der Waals surface area contributed by atoms with Gasteiger partial charge in [-0.25, -0.2) is 0 Å². The number of hydrogen-bond acceptors (Lipinski definition) is 1. The summed E-state index contributed by atoms with van der Waals surface area (Å²) < 4.78 is 0.992. The van der Waals surface area contributed by atoms with Crippen LogP contribution < -0.4 is 5.73 Å². The molecule has 1 nitrogen and oxygen atoms in total. The molecule has 0 heterocycles. The van der Waals surface area contributed by atoms with Gasteiger partial charge in [0.25, 0.3) is 0 Å². The zero-order valence-corrected chi connectivity index (χ0v) is 9.48. The van der Waals surface area contributed by atoms with Crippen molar-refractivity contribution in [3.63, 3.8) is 0 Å². The van der Waals surface area contributed by atoms with Gasteiger partial charge in [0.1, 0.15) is 0 Å². The number of halogens is 2. The van der Waals surface area contributed by atoms with E-state index in [-0.39, 0.29) is 6.04 Å². The van der Waals surface area contributed by atoms with Crippen LogP contribution in [0.15, 0.2) is 35.3 Å². The van der Waals surface area contributed by atoms with Crippen molar-refractivity contribution >= 4 is 27.5 Å². The van der Waals surface area contributed by atoms with Crippen LogP contribution in [0.5, 0.6) is 0 Å². The molecule has 1 aromatic rings. The summed E-state index contributed by atoms with van der Waals surface area (Å²) in [5.74, 6) is 0. The minimum absolute atomic E-state index is 0.0671. The lowest BCUT2D eigenvalue weighted by molar-refractivity contribution is 0.741. The van der Waals surface area contributed by atoms with Gasteiger partial charge in [-0.3, -0.25) is 0 Å². The third-order valence-corrected chi connectivity index (χ3v) is 2.62. The minimum Gasteiger partial charge on any atom is -0.324 e. The SMILES string of the molecule is C=CC[C@@H](N)c1cc(Br)ccc1Cl. The fraction of sp³-hybridized carbons (Fsp3) is 0.200. The van der Waals surface area contributed by atoms with E-state index in [4.69, 9.17) is 17.3 Å². The maximum Gasteiger partial charge on any atom is 0.0454 e. The molecular weight excluding hydrogens is 249 g/mol. The van der Waals surface area contributed by atoms with Crippen LogP contribution in [-0.2, 0) is 0 Å². The van der Waals surface area contributed by atoms with Crippen LogP contribution in [0.25, 0.3) is 0 Å². The van der Waals surface area contributed by atoms with E-state index in [0.29, 0.717) is 5.02 Å². The van der Waals surface area contributed by atoms with Gasteiger partial charge in [-0.05, 0) is 30.2 Å². The van der Waals surface area contributed by atoms with Crippen LogP contribution >= 0.6 is 27.5 Å². The van der Waals surface area contributed by atoms with Crippen LogP contribution in [0.1, 0.15) is 18.0 Å². The third kappa shape index (κ3) is 2.83. The largest absolute Gasteiger partial charge is 0.324 e. The Hall–Kier alpha value is -0.310. The molecule has 1 atom stereocenters. The summed E-state index contributed by atoms with van der Waals surface area (Å²) >= 11 is 9.37. The number of hydrogen-bond donors (Lipinski definition) is 1. The fourth-order valence-electron chi connectivity index (χ4n) is 1.11. The molecule has 0 aliphatic heterocycles. The average molecular weight is 261 g/mol. The first-order valence-corrected chi connectivity index (χ1v) is 5.13. The fourth-order valence-corrected chi connectivity index (χ4v) is 1.74. The molecule has 0 radical (unpaired) electrons. The van der Waals surface area contributed by atoms with Gasteiger partial charge in [-0.2, -0.15) is 0 Å². The monoisotopic (exact) mass is 259 g/mol. The van der Waals surface area contributed by atoms with E-state index < -0.39 is 0 Å². The van der Waals surface area contributed by atoms with Crippen molar-refractivity contribution in [2.45, 2.75) is 12.5 Å². The molecule has 0 spiro atoms. The third-order valence-electron chi connectivity index (χ3n) is 1.78. The lowest BCUT2D eigenvalue weighted by Gasteiger charge is -2.11. The van der Waals surface area contributed by atoms with E-state index in [1.807, 2.05) is 18.2 Å². The van der Waals surface area contributed by atoms with Crippen molar-refractivity contribution < 1.29 is 0 Å². The second kappa shape index (κ2) is 4.80. The molecule has 0 aromatic heterocycles. The normalized spacial score (nSPS) is 12.5. The van der Waals surface area contributed by atoms with Gasteiger partial charge < -0.3 is 5.73 Å². The second-order valence-corrected chi connectivity index (χ2v) is 4.12. The molecule has 0 saturated heterocycles. The standard InChI is InChI=1S/C10H11BrClN/c1-2-3-10(13)8-6-7(11)4-5-9(8)12/h2,4-6,10H,1,3,13H2/t10-/m1/s1. The Balaban J connectivity index is 2.97. The van der Waals surface area contributed by atoms with E-state index in [1.54, 1.807) is 6.08 Å². The van der Waals surface area contributed by atoms with Gasteiger partial charge >= 0.3 is 0 Å². The zero-order valence-electron chi connectivity index (χ0n) is 7.13. The minimum atomic E-state index is -0.0671. The van der Waals surface area contributed by atoms with E-state index in [2.05, 4.69) is 22.5 Å². The highest BCUT2D eigenvalue weighted by Gasteiger charge is 2.08. The Bertz CT molecular complexity index is 312.